The summed E-state index contributed by atoms with van der Waals surface area (Å²) in [5.74, 6) is 0.644. The van der Waals surface area contributed by atoms with Gasteiger partial charge in [0.2, 0.25) is 5.91 Å². The average molecular weight is 257 g/mol. The van der Waals surface area contributed by atoms with E-state index in [9.17, 15) is 4.79 Å². The Kier molecular flexibility index (Phi) is 3.01. The molecule has 1 fully saturated rings. The van der Waals surface area contributed by atoms with E-state index in [0.29, 0.717) is 12.4 Å². The van der Waals surface area contributed by atoms with E-state index in [1.54, 1.807) is 0 Å². The molecule has 1 aromatic rings. The quantitative estimate of drug-likeness (QED) is 0.878. The summed E-state index contributed by atoms with van der Waals surface area (Å²) in [6, 6.07) is 7.70. The number of hydrogen-bond acceptors (Lipinski definition) is 2. The minimum atomic E-state index is -0.238. The third-order valence-corrected chi connectivity index (χ3v) is 4.14. The molecule has 0 aromatic heterocycles. The molecule has 3 rings (SSSR count). The summed E-state index contributed by atoms with van der Waals surface area (Å²) in [5, 5.41) is 8.24. The minimum Gasteiger partial charge on any atom is -0.341 e. The van der Waals surface area contributed by atoms with E-state index in [2.05, 4.69) is 0 Å². The number of fused-ring (bicyclic) bond motifs is 1. The number of amidine groups is 1. The fraction of sp³-hybridized carbons (Fsp3) is 0.467. The molecule has 1 atom stereocenters. The van der Waals surface area contributed by atoms with Crippen molar-refractivity contribution in [3.8, 4) is 0 Å². The van der Waals surface area contributed by atoms with Gasteiger partial charge in [-0.15, -0.1) is 0 Å². The number of hydrogen-bond donors (Lipinski definition) is 1. The van der Waals surface area contributed by atoms with Gasteiger partial charge in [0.05, 0.1) is 0 Å². The Morgan fingerprint density at radius 1 is 1.26 bits per heavy atom. The van der Waals surface area contributed by atoms with Crippen molar-refractivity contribution in [3.05, 3.63) is 35.4 Å². The second kappa shape index (κ2) is 4.68. The van der Waals surface area contributed by atoms with E-state index >= 15 is 0 Å². The first kappa shape index (κ1) is 12.2. The van der Waals surface area contributed by atoms with Gasteiger partial charge in [-0.1, -0.05) is 24.3 Å². The topological polar surface area (TPSA) is 47.4 Å². The SMILES string of the molecule is CC(C(=O)N1CCCC1)N1Cc2ccccc2C1=N. The molecule has 0 aliphatic carbocycles. The minimum absolute atomic E-state index is 0.162. The number of likely N-dealkylation sites (tertiary alicyclic amines) is 1. The van der Waals surface area contributed by atoms with Crippen molar-refractivity contribution in [2.45, 2.75) is 32.4 Å². The highest BCUT2D eigenvalue weighted by molar-refractivity contribution is 6.02. The number of nitrogens with zero attached hydrogens (tertiary/aromatic N) is 2. The smallest absolute Gasteiger partial charge is 0.245 e. The van der Waals surface area contributed by atoms with Crippen molar-refractivity contribution in [2.75, 3.05) is 13.1 Å². The molecule has 1 amide bonds. The molecule has 1 saturated heterocycles. The summed E-state index contributed by atoms with van der Waals surface area (Å²) in [6.45, 7) is 4.34. The predicted molar refractivity (Wildman–Crippen MR) is 74.1 cm³/mol. The maximum atomic E-state index is 12.4. The van der Waals surface area contributed by atoms with E-state index in [-0.39, 0.29) is 11.9 Å². The van der Waals surface area contributed by atoms with Crippen molar-refractivity contribution in [3.63, 3.8) is 0 Å². The van der Waals surface area contributed by atoms with Crippen LogP contribution < -0.4 is 0 Å². The van der Waals surface area contributed by atoms with Crippen molar-refractivity contribution in [1.82, 2.24) is 9.80 Å². The van der Waals surface area contributed by atoms with Gasteiger partial charge in [0.25, 0.3) is 0 Å². The Morgan fingerprint density at radius 3 is 2.63 bits per heavy atom. The van der Waals surface area contributed by atoms with Gasteiger partial charge in [-0.2, -0.15) is 0 Å². The normalized spacial score (nSPS) is 19.7. The molecule has 100 valence electrons. The third kappa shape index (κ3) is 2.01. The fourth-order valence-electron chi connectivity index (χ4n) is 2.97. The monoisotopic (exact) mass is 257 g/mol. The number of benzene rings is 1. The van der Waals surface area contributed by atoms with Crippen molar-refractivity contribution >= 4 is 11.7 Å². The number of amides is 1. The van der Waals surface area contributed by atoms with Crippen LogP contribution >= 0.6 is 0 Å². The first-order chi connectivity index (χ1) is 9.18. The molecule has 2 heterocycles. The molecule has 0 radical (unpaired) electrons. The lowest BCUT2D eigenvalue weighted by atomic mass is 10.1. The number of carbonyl (C=O) groups excluding carboxylic acids is 1. The van der Waals surface area contributed by atoms with Crippen LogP contribution in [0.4, 0.5) is 0 Å². The molecule has 0 bridgehead atoms. The summed E-state index contributed by atoms with van der Waals surface area (Å²) < 4.78 is 0. The molecular formula is C15H19N3O. The lowest BCUT2D eigenvalue weighted by Gasteiger charge is -2.28. The van der Waals surface area contributed by atoms with Crippen molar-refractivity contribution in [2.24, 2.45) is 0 Å². The second-order valence-corrected chi connectivity index (χ2v) is 5.34. The molecule has 4 heteroatoms. The van der Waals surface area contributed by atoms with Gasteiger partial charge in [0.1, 0.15) is 11.9 Å². The van der Waals surface area contributed by atoms with Gasteiger partial charge >= 0.3 is 0 Å². The Morgan fingerprint density at radius 2 is 1.95 bits per heavy atom. The molecule has 0 spiro atoms. The molecule has 19 heavy (non-hydrogen) atoms. The van der Waals surface area contributed by atoms with Gasteiger partial charge in [-0.3, -0.25) is 10.2 Å². The van der Waals surface area contributed by atoms with E-state index in [4.69, 9.17) is 5.41 Å². The second-order valence-electron chi connectivity index (χ2n) is 5.34. The summed E-state index contributed by atoms with van der Waals surface area (Å²) in [6.07, 6.45) is 2.21. The average Bonchev–Trinajstić information content (AvgIpc) is 3.06. The molecule has 1 aromatic carbocycles. The first-order valence-corrected chi connectivity index (χ1v) is 6.91. The Bertz CT molecular complexity index is 520. The number of carbonyl (C=O) groups is 1. The number of rotatable bonds is 2. The fourth-order valence-corrected chi connectivity index (χ4v) is 2.97. The highest BCUT2D eigenvalue weighted by Gasteiger charge is 2.33. The van der Waals surface area contributed by atoms with Crippen LogP contribution in [-0.4, -0.2) is 40.7 Å². The predicted octanol–water partition coefficient (Wildman–Crippen LogP) is 1.84. The van der Waals surface area contributed by atoms with Gasteiger partial charge in [0, 0.05) is 25.2 Å². The molecular weight excluding hydrogens is 238 g/mol. The van der Waals surface area contributed by atoms with Crippen LogP contribution in [0.2, 0.25) is 0 Å². The molecule has 2 aliphatic heterocycles. The largest absolute Gasteiger partial charge is 0.341 e. The lowest BCUT2D eigenvalue weighted by molar-refractivity contribution is -0.134. The van der Waals surface area contributed by atoms with E-state index < -0.39 is 0 Å². The van der Waals surface area contributed by atoms with Crippen LogP contribution in [0.1, 0.15) is 30.9 Å². The summed E-state index contributed by atoms with van der Waals surface area (Å²) in [4.78, 5) is 16.3. The van der Waals surface area contributed by atoms with Crippen molar-refractivity contribution < 1.29 is 4.79 Å². The van der Waals surface area contributed by atoms with E-state index in [1.165, 1.54) is 0 Å². The van der Waals surface area contributed by atoms with Gasteiger partial charge in [0.15, 0.2) is 0 Å². The standard InChI is InChI=1S/C15H19N3O/c1-11(15(19)17-8-4-5-9-17)18-10-12-6-2-3-7-13(12)14(18)16/h2-3,6-7,11,16H,4-5,8-10H2,1H3. The Labute approximate surface area is 113 Å². The first-order valence-electron chi connectivity index (χ1n) is 6.91. The molecule has 2 aliphatic rings. The number of nitrogens with one attached hydrogen (secondary N) is 1. The van der Waals surface area contributed by atoms with Crippen LogP contribution in [-0.2, 0) is 11.3 Å². The highest BCUT2D eigenvalue weighted by Crippen LogP contribution is 2.25. The van der Waals surface area contributed by atoms with E-state index in [0.717, 1.165) is 37.1 Å². The Hall–Kier alpha value is -1.84. The Balaban J connectivity index is 1.77. The van der Waals surface area contributed by atoms with Crippen LogP contribution in [0.25, 0.3) is 0 Å². The third-order valence-electron chi connectivity index (χ3n) is 4.14. The van der Waals surface area contributed by atoms with Crippen LogP contribution in [0, 0.1) is 5.41 Å². The maximum absolute atomic E-state index is 12.4. The van der Waals surface area contributed by atoms with Crippen LogP contribution in [0.5, 0.6) is 0 Å². The van der Waals surface area contributed by atoms with Gasteiger partial charge < -0.3 is 9.80 Å². The zero-order valence-corrected chi connectivity index (χ0v) is 11.2. The molecule has 4 nitrogen and oxygen atoms in total. The highest BCUT2D eigenvalue weighted by atomic mass is 16.2. The van der Waals surface area contributed by atoms with Gasteiger partial charge in [-0.05, 0) is 25.3 Å². The van der Waals surface area contributed by atoms with Crippen molar-refractivity contribution in [1.29, 1.82) is 5.41 Å². The maximum Gasteiger partial charge on any atom is 0.245 e. The summed E-state index contributed by atoms with van der Waals surface area (Å²) in [7, 11) is 0. The summed E-state index contributed by atoms with van der Waals surface area (Å²) in [5.41, 5.74) is 2.11. The zero-order valence-electron chi connectivity index (χ0n) is 11.2. The molecule has 1 unspecified atom stereocenters. The zero-order chi connectivity index (χ0) is 13.4. The molecule has 0 saturated carbocycles. The van der Waals surface area contributed by atoms with Crippen LogP contribution in [0.15, 0.2) is 24.3 Å². The lowest BCUT2D eigenvalue weighted by Crippen LogP contribution is -2.46. The van der Waals surface area contributed by atoms with Crippen LogP contribution in [0.3, 0.4) is 0 Å². The molecule has 1 N–H and O–H groups in total. The van der Waals surface area contributed by atoms with E-state index in [1.807, 2.05) is 41.0 Å². The van der Waals surface area contributed by atoms with Gasteiger partial charge in [-0.25, -0.2) is 0 Å². The summed E-state index contributed by atoms with van der Waals surface area (Å²) >= 11 is 0.